The lowest BCUT2D eigenvalue weighted by Crippen LogP contribution is -2.45. The Balaban J connectivity index is 1.33. The van der Waals surface area contributed by atoms with Gasteiger partial charge in [-0.25, -0.2) is 8.78 Å². The van der Waals surface area contributed by atoms with Crippen LogP contribution in [0.5, 0.6) is 5.75 Å². The number of amides is 2. The molecule has 30 heavy (non-hydrogen) atoms. The van der Waals surface area contributed by atoms with Crippen molar-refractivity contribution >= 4 is 33.4 Å². The number of nitrogens with zero attached hydrogens (tertiary/aromatic N) is 2. The molecular formula is C22H21BrF2N2O3. The summed E-state index contributed by atoms with van der Waals surface area (Å²) in [6.45, 7) is 1.33. The summed E-state index contributed by atoms with van der Waals surface area (Å²) in [5, 5.41) is 0. The summed E-state index contributed by atoms with van der Waals surface area (Å²) < 4.78 is 33.3. The van der Waals surface area contributed by atoms with Crippen molar-refractivity contribution in [2.24, 2.45) is 5.92 Å². The van der Waals surface area contributed by atoms with Crippen molar-refractivity contribution in [2.75, 3.05) is 24.5 Å². The number of ether oxygens (including phenoxy) is 1. The number of carbonyl (C=O) groups is 2. The maximum atomic E-state index is 13.8. The van der Waals surface area contributed by atoms with E-state index in [1.165, 1.54) is 6.07 Å². The number of anilines is 1. The topological polar surface area (TPSA) is 49.9 Å². The van der Waals surface area contributed by atoms with Crippen molar-refractivity contribution < 1.29 is 23.1 Å². The Morgan fingerprint density at radius 3 is 2.57 bits per heavy atom. The summed E-state index contributed by atoms with van der Waals surface area (Å²) in [6.07, 6.45) is 1.07. The zero-order valence-corrected chi connectivity index (χ0v) is 17.8. The molecule has 2 aliphatic heterocycles. The Morgan fingerprint density at radius 1 is 1.10 bits per heavy atom. The molecule has 5 nitrogen and oxygen atoms in total. The molecule has 0 saturated carbocycles. The van der Waals surface area contributed by atoms with Gasteiger partial charge in [-0.2, -0.15) is 0 Å². The highest BCUT2D eigenvalue weighted by Crippen LogP contribution is 2.29. The van der Waals surface area contributed by atoms with Crippen LogP contribution in [0, 0.1) is 17.6 Å². The predicted octanol–water partition coefficient (Wildman–Crippen LogP) is 4.15. The lowest BCUT2D eigenvalue weighted by molar-refractivity contribution is -0.137. The first-order valence-electron chi connectivity index (χ1n) is 9.87. The first kappa shape index (κ1) is 20.8. The minimum Gasteiger partial charge on any atom is -0.487 e. The van der Waals surface area contributed by atoms with Crippen molar-refractivity contribution in [2.45, 2.75) is 25.4 Å². The SMILES string of the molecule is O=C(C1CC(=O)N(c2cccc(Br)c2)C1)N1CCC(Oc2ccc(F)cc2F)CC1. The van der Waals surface area contributed by atoms with Crippen molar-refractivity contribution in [3.63, 3.8) is 0 Å². The van der Waals surface area contributed by atoms with Crippen molar-refractivity contribution in [3.05, 3.63) is 58.6 Å². The number of carbonyl (C=O) groups excluding carboxylic acids is 2. The zero-order chi connectivity index (χ0) is 21.3. The molecule has 2 saturated heterocycles. The highest BCUT2D eigenvalue weighted by atomic mass is 79.9. The minimum absolute atomic E-state index is 0.0206. The number of piperidine rings is 1. The van der Waals surface area contributed by atoms with E-state index in [1.54, 1.807) is 9.80 Å². The summed E-state index contributed by atoms with van der Waals surface area (Å²) in [5.41, 5.74) is 0.776. The Kier molecular flexibility index (Phi) is 6.04. The van der Waals surface area contributed by atoms with Gasteiger partial charge in [0.25, 0.3) is 0 Å². The molecule has 2 heterocycles. The lowest BCUT2D eigenvalue weighted by atomic mass is 10.0. The van der Waals surface area contributed by atoms with Crippen LogP contribution < -0.4 is 9.64 Å². The Hall–Kier alpha value is -2.48. The van der Waals surface area contributed by atoms with Crippen LogP contribution in [0.1, 0.15) is 19.3 Å². The van der Waals surface area contributed by atoms with Crippen molar-refractivity contribution in [1.82, 2.24) is 4.90 Å². The van der Waals surface area contributed by atoms with Crippen molar-refractivity contribution in [1.29, 1.82) is 0 Å². The number of likely N-dealkylation sites (tertiary alicyclic amines) is 1. The lowest BCUT2D eigenvalue weighted by Gasteiger charge is -2.33. The minimum atomic E-state index is -0.731. The molecule has 0 bridgehead atoms. The van der Waals surface area contributed by atoms with E-state index >= 15 is 0 Å². The summed E-state index contributed by atoms with van der Waals surface area (Å²) in [4.78, 5) is 28.8. The third-order valence-corrected chi connectivity index (χ3v) is 6.03. The number of hydrogen-bond acceptors (Lipinski definition) is 3. The highest BCUT2D eigenvalue weighted by molar-refractivity contribution is 9.10. The smallest absolute Gasteiger partial charge is 0.228 e. The van der Waals surface area contributed by atoms with Gasteiger partial charge in [0.15, 0.2) is 11.6 Å². The molecule has 2 aromatic rings. The molecule has 0 spiro atoms. The van der Waals surface area contributed by atoms with E-state index in [0.29, 0.717) is 32.5 Å². The van der Waals surface area contributed by atoms with Gasteiger partial charge in [-0.15, -0.1) is 0 Å². The largest absolute Gasteiger partial charge is 0.487 e. The van der Waals surface area contributed by atoms with Crippen LogP contribution in [-0.4, -0.2) is 42.5 Å². The zero-order valence-electron chi connectivity index (χ0n) is 16.2. The van der Waals surface area contributed by atoms with Crippen LogP contribution in [-0.2, 0) is 9.59 Å². The maximum Gasteiger partial charge on any atom is 0.228 e. The van der Waals surface area contributed by atoms with Gasteiger partial charge >= 0.3 is 0 Å². The third kappa shape index (κ3) is 4.48. The standard InChI is InChI=1S/C22H21BrF2N2O3/c23-15-2-1-3-17(11-15)27-13-14(10-21(27)28)22(29)26-8-6-18(7-9-26)30-20-5-4-16(24)12-19(20)25/h1-5,11-12,14,18H,6-10,13H2. The van der Waals surface area contributed by atoms with E-state index in [4.69, 9.17) is 4.74 Å². The average molecular weight is 479 g/mol. The maximum absolute atomic E-state index is 13.8. The second-order valence-corrected chi connectivity index (χ2v) is 8.52. The average Bonchev–Trinajstić information content (AvgIpc) is 3.12. The molecule has 2 aromatic carbocycles. The Bertz CT molecular complexity index is 963. The van der Waals surface area contributed by atoms with Gasteiger partial charge in [0, 0.05) is 55.1 Å². The fourth-order valence-corrected chi connectivity index (χ4v) is 4.36. The summed E-state index contributed by atoms with van der Waals surface area (Å²) in [6, 6.07) is 10.7. The molecule has 158 valence electrons. The van der Waals surface area contributed by atoms with E-state index in [-0.39, 0.29) is 36.0 Å². The van der Waals surface area contributed by atoms with Crippen LogP contribution in [0.2, 0.25) is 0 Å². The normalized spacial score (nSPS) is 20.0. The van der Waals surface area contributed by atoms with Crippen LogP contribution >= 0.6 is 15.9 Å². The van der Waals surface area contributed by atoms with Gasteiger partial charge in [-0.3, -0.25) is 9.59 Å². The number of benzene rings is 2. The second-order valence-electron chi connectivity index (χ2n) is 7.60. The molecule has 4 rings (SSSR count). The first-order valence-corrected chi connectivity index (χ1v) is 10.7. The molecular weight excluding hydrogens is 458 g/mol. The number of hydrogen-bond donors (Lipinski definition) is 0. The van der Waals surface area contributed by atoms with E-state index in [0.717, 1.165) is 22.3 Å². The van der Waals surface area contributed by atoms with Gasteiger partial charge in [0.05, 0.1) is 5.92 Å². The number of rotatable bonds is 4. The quantitative estimate of drug-likeness (QED) is 0.663. The number of halogens is 3. The molecule has 0 N–H and O–H groups in total. The Labute approximate surface area is 181 Å². The van der Waals surface area contributed by atoms with E-state index in [9.17, 15) is 18.4 Å². The molecule has 1 unspecified atom stereocenters. The molecule has 0 radical (unpaired) electrons. The molecule has 2 amide bonds. The highest BCUT2D eigenvalue weighted by Gasteiger charge is 2.38. The van der Waals surface area contributed by atoms with Crippen molar-refractivity contribution in [3.8, 4) is 5.75 Å². The molecule has 2 aliphatic rings. The molecule has 0 aliphatic carbocycles. The summed E-state index contributed by atoms with van der Waals surface area (Å²) in [7, 11) is 0. The second kappa shape index (κ2) is 8.71. The van der Waals surface area contributed by atoms with E-state index in [1.807, 2.05) is 24.3 Å². The van der Waals surface area contributed by atoms with Gasteiger partial charge in [-0.05, 0) is 30.3 Å². The molecule has 0 aromatic heterocycles. The molecule has 1 atom stereocenters. The van der Waals surface area contributed by atoms with Gasteiger partial charge in [0.2, 0.25) is 11.8 Å². The van der Waals surface area contributed by atoms with Gasteiger partial charge < -0.3 is 14.5 Å². The molecule has 8 heteroatoms. The summed E-state index contributed by atoms with van der Waals surface area (Å²) >= 11 is 3.41. The monoisotopic (exact) mass is 478 g/mol. The predicted molar refractivity (Wildman–Crippen MR) is 111 cm³/mol. The van der Waals surface area contributed by atoms with E-state index in [2.05, 4.69) is 15.9 Å². The first-order chi connectivity index (χ1) is 14.4. The van der Waals surface area contributed by atoms with Crippen LogP contribution in [0.25, 0.3) is 0 Å². The van der Waals surface area contributed by atoms with Crippen LogP contribution in [0.3, 0.4) is 0 Å². The Morgan fingerprint density at radius 2 is 1.87 bits per heavy atom. The molecule has 2 fully saturated rings. The van der Waals surface area contributed by atoms with Gasteiger partial charge in [-0.1, -0.05) is 22.0 Å². The van der Waals surface area contributed by atoms with E-state index < -0.39 is 11.6 Å². The third-order valence-electron chi connectivity index (χ3n) is 5.54. The fourth-order valence-electron chi connectivity index (χ4n) is 3.97. The van der Waals surface area contributed by atoms with Gasteiger partial charge in [0.1, 0.15) is 11.9 Å². The summed E-state index contributed by atoms with van der Waals surface area (Å²) in [5.74, 6) is -1.83. The van der Waals surface area contributed by atoms with Crippen LogP contribution in [0.15, 0.2) is 46.9 Å². The fraction of sp³-hybridized carbons (Fsp3) is 0.364. The van der Waals surface area contributed by atoms with Crippen LogP contribution in [0.4, 0.5) is 14.5 Å².